The number of amides is 1. The number of benzene rings is 1. The number of aromatic nitrogens is 2. The van der Waals surface area contributed by atoms with Crippen LogP contribution >= 0.6 is 0 Å². The van der Waals surface area contributed by atoms with Gasteiger partial charge in [0, 0.05) is 25.0 Å². The van der Waals surface area contributed by atoms with Crippen molar-refractivity contribution in [2.45, 2.75) is 26.7 Å². The minimum atomic E-state index is -0.188. The quantitative estimate of drug-likeness (QED) is 0.772. The van der Waals surface area contributed by atoms with Crippen molar-refractivity contribution in [2.24, 2.45) is 0 Å². The largest absolute Gasteiger partial charge is 0.349 e. The number of rotatable bonds is 8. The Hall–Kier alpha value is -2.47. The number of likely N-dealkylation sites (N-methyl/N-ethyl adjacent to an activating group) is 1. The zero-order valence-corrected chi connectivity index (χ0v) is 15.5. The van der Waals surface area contributed by atoms with E-state index in [4.69, 9.17) is 0 Å². The molecule has 0 bridgehead atoms. The standard InChI is InChI=1S/C19H27N5O/c1-5-14-8-7-9-15(6-2)17(14)23-19-21-11-10-16(22-19)18(25)20-12-13-24(3)4/h7-11H,5-6,12-13H2,1-4H3,(H,20,25)(H,21,22,23). The summed E-state index contributed by atoms with van der Waals surface area (Å²) in [6.45, 7) is 5.60. The average Bonchev–Trinajstić information content (AvgIpc) is 2.61. The van der Waals surface area contributed by atoms with E-state index in [2.05, 4.69) is 52.6 Å². The topological polar surface area (TPSA) is 70.2 Å². The second-order valence-corrected chi connectivity index (χ2v) is 6.11. The van der Waals surface area contributed by atoms with Gasteiger partial charge in [-0.3, -0.25) is 4.79 Å². The van der Waals surface area contributed by atoms with E-state index in [1.165, 1.54) is 11.1 Å². The molecule has 0 aliphatic rings. The van der Waals surface area contributed by atoms with Crippen LogP contribution in [0.2, 0.25) is 0 Å². The Balaban J connectivity index is 2.16. The highest BCUT2D eigenvalue weighted by Gasteiger charge is 2.11. The van der Waals surface area contributed by atoms with Crippen LogP contribution in [0.5, 0.6) is 0 Å². The van der Waals surface area contributed by atoms with Crippen LogP contribution in [-0.2, 0) is 12.8 Å². The van der Waals surface area contributed by atoms with Gasteiger partial charge in [-0.2, -0.15) is 0 Å². The molecule has 2 rings (SSSR count). The van der Waals surface area contributed by atoms with Crippen LogP contribution in [-0.4, -0.2) is 48.0 Å². The van der Waals surface area contributed by atoms with Gasteiger partial charge >= 0.3 is 0 Å². The lowest BCUT2D eigenvalue weighted by molar-refractivity contribution is 0.0946. The Kier molecular flexibility index (Phi) is 6.89. The van der Waals surface area contributed by atoms with E-state index in [9.17, 15) is 4.79 Å². The lowest BCUT2D eigenvalue weighted by Crippen LogP contribution is -2.31. The minimum absolute atomic E-state index is 0.188. The number of hydrogen-bond acceptors (Lipinski definition) is 5. The molecule has 6 heteroatoms. The molecule has 6 nitrogen and oxygen atoms in total. The third-order valence-electron chi connectivity index (χ3n) is 3.97. The molecule has 0 saturated carbocycles. The van der Waals surface area contributed by atoms with Gasteiger partial charge in [-0.15, -0.1) is 0 Å². The Labute approximate surface area is 149 Å². The number of anilines is 2. The average molecular weight is 341 g/mol. The van der Waals surface area contributed by atoms with E-state index in [1.807, 2.05) is 19.0 Å². The molecule has 0 unspecified atom stereocenters. The summed E-state index contributed by atoms with van der Waals surface area (Å²) in [5.74, 6) is 0.252. The maximum Gasteiger partial charge on any atom is 0.270 e. The lowest BCUT2D eigenvalue weighted by Gasteiger charge is -2.14. The van der Waals surface area contributed by atoms with Crippen LogP contribution in [0.4, 0.5) is 11.6 Å². The van der Waals surface area contributed by atoms with Gasteiger partial charge in [0.1, 0.15) is 5.69 Å². The van der Waals surface area contributed by atoms with Crippen molar-refractivity contribution in [3.8, 4) is 0 Å². The molecule has 1 aromatic heterocycles. The summed E-state index contributed by atoms with van der Waals surface area (Å²) < 4.78 is 0. The van der Waals surface area contributed by atoms with Crippen LogP contribution in [0.15, 0.2) is 30.5 Å². The third kappa shape index (κ3) is 5.26. The molecule has 134 valence electrons. The summed E-state index contributed by atoms with van der Waals surface area (Å²) in [7, 11) is 3.94. The Morgan fingerprint density at radius 3 is 2.40 bits per heavy atom. The molecule has 1 amide bonds. The Bertz CT molecular complexity index is 692. The van der Waals surface area contributed by atoms with Gasteiger partial charge in [-0.05, 0) is 44.1 Å². The predicted octanol–water partition coefficient (Wildman–Crippen LogP) is 2.64. The van der Waals surface area contributed by atoms with Gasteiger partial charge in [0.25, 0.3) is 5.91 Å². The van der Waals surface area contributed by atoms with Gasteiger partial charge < -0.3 is 15.5 Å². The second kappa shape index (κ2) is 9.13. The fourth-order valence-electron chi connectivity index (χ4n) is 2.54. The SMILES string of the molecule is CCc1cccc(CC)c1Nc1nccc(C(=O)NCCN(C)C)n1. The molecular formula is C19H27N5O. The van der Waals surface area contributed by atoms with E-state index >= 15 is 0 Å². The van der Waals surface area contributed by atoms with E-state index in [1.54, 1.807) is 12.3 Å². The number of hydrogen-bond donors (Lipinski definition) is 2. The molecule has 1 aromatic carbocycles. The van der Waals surface area contributed by atoms with E-state index in [-0.39, 0.29) is 5.91 Å². The van der Waals surface area contributed by atoms with Crippen LogP contribution in [0.25, 0.3) is 0 Å². The monoisotopic (exact) mass is 341 g/mol. The van der Waals surface area contributed by atoms with Gasteiger partial charge in [0.15, 0.2) is 0 Å². The number of para-hydroxylation sites is 1. The third-order valence-corrected chi connectivity index (χ3v) is 3.97. The smallest absolute Gasteiger partial charge is 0.270 e. The Morgan fingerprint density at radius 1 is 1.12 bits per heavy atom. The highest BCUT2D eigenvalue weighted by molar-refractivity contribution is 5.92. The van der Waals surface area contributed by atoms with E-state index < -0.39 is 0 Å². The molecule has 25 heavy (non-hydrogen) atoms. The fourth-order valence-corrected chi connectivity index (χ4v) is 2.54. The highest BCUT2D eigenvalue weighted by Crippen LogP contribution is 2.25. The van der Waals surface area contributed by atoms with Crippen LogP contribution in [0.3, 0.4) is 0 Å². The number of nitrogens with one attached hydrogen (secondary N) is 2. The molecule has 0 radical (unpaired) electrons. The lowest BCUT2D eigenvalue weighted by atomic mass is 10.0. The summed E-state index contributed by atoms with van der Waals surface area (Å²) in [4.78, 5) is 22.9. The van der Waals surface area contributed by atoms with Gasteiger partial charge in [0.05, 0.1) is 0 Å². The molecule has 2 aromatic rings. The molecule has 0 atom stereocenters. The predicted molar refractivity (Wildman–Crippen MR) is 101 cm³/mol. The second-order valence-electron chi connectivity index (χ2n) is 6.11. The van der Waals surface area contributed by atoms with Crippen molar-refractivity contribution in [2.75, 3.05) is 32.5 Å². The molecule has 0 aliphatic carbocycles. The van der Waals surface area contributed by atoms with Crippen molar-refractivity contribution in [3.63, 3.8) is 0 Å². The zero-order chi connectivity index (χ0) is 18.2. The van der Waals surface area contributed by atoms with Crippen molar-refractivity contribution in [1.82, 2.24) is 20.2 Å². The van der Waals surface area contributed by atoms with E-state index in [0.717, 1.165) is 25.1 Å². The first kappa shape index (κ1) is 18.9. The first-order valence-corrected chi connectivity index (χ1v) is 8.68. The number of carbonyl (C=O) groups is 1. The summed E-state index contributed by atoms with van der Waals surface area (Å²) in [5.41, 5.74) is 3.83. The van der Waals surface area contributed by atoms with Gasteiger partial charge in [0.2, 0.25) is 5.95 Å². The summed E-state index contributed by atoms with van der Waals surface area (Å²) in [6.07, 6.45) is 3.44. The molecule has 0 saturated heterocycles. The number of aryl methyl sites for hydroxylation is 2. The fraction of sp³-hybridized carbons (Fsp3) is 0.421. The summed E-state index contributed by atoms with van der Waals surface area (Å²) in [5, 5.41) is 6.17. The maximum atomic E-state index is 12.2. The van der Waals surface area contributed by atoms with Crippen molar-refractivity contribution >= 4 is 17.5 Å². The molecule has 1 heterocycles. The molecule has 0 spiro atoms. The van der Waals surface area contributed by atoms with Gasteiger partial charge in [-0.25, -0.2) is 9.97 Å². The highest BCUT2D eigenvalue weighted by atomic mass is 16.1. The Morgan fingerprint density at radius 2 is 1.80 bits per heavy atom. The van der Waals surface area contributed by atoms with Crippen molar-refractivity contribution in [3.05, 3.63) is 47.3 Å². The van der Waals surface area contributed by atoms with Gasteiger partial charge in [-0.1, -0.05) is 32.0 Å². The zero-order valence-electron chi connectivity index (χ0n) is 15.5. The van der Waals surface area contributed by atoms with Crippen LogP contribution in [0.1, 0.15) is 35.5 Å². The normalized spacial score (nSPS) is 10.8. The first-order chi connectivity index (χ1) is 12.0. The maximum absolute atomic E-state index is 12.2. The summed E-state index contributed by atoms with van der Waals surface area (Å²) in [6, 6.07) is 7.89. The summed E-state index contributed by atoms with van der Waals surface area (Å²) >= 11 is 0. The van der Waals surface area contributed by atoms with Crippen LogP contribution < -0.4 is 10.6 Å². The number of carbonyl (C=O) groups excluding carboxylic acids is 1. The van der Waals surface area contributed by atoms with Crippen LogP contribution in [0, 0.1) is 0 Å². The first-order valence-electron chi connectivity index (χ1n) is 8.68. The van der Waals surface area contributed by atoms with E-state index in [0.29, 0.717) is 18.2 Å². The molecule has 0 aliphatic heterocycles. The molecule has 2 N–H and O–H groups in total. The van der Waals surface area contributed by atoms with Crippen molar-refractivity contribution in [1.29, 1.82) is 0 Å². The molecular weight excluding hydrogens is 314 g/mol. The minimum Gasteiger partial charge on any atom is -0.349 e. The molecule has 0 fully saturated rings. The van der Waals surface area contributed by atoms with Crippen molar-refractivity contribution < 1.29 is 4.79 Å². The number of nitrogens with zero attached hydrogens (tertiary/aromatic N) is 3.